The van der Waals surface area contributed by atoms with E-state index in [9.17, 15) is 0 Å². The van der Waals surface area contributed by atoms with Crippen LogP contribution in [0, 0.1) is 0 Å². The molecule has 0 bridgehead atoms. The molecule has 1 aliphatic carbocycles. The van der Waals surface area contributed by atoms with Crippen LogP contribution < -0.4 is 5.73 Å². The lowest BCUT2D eigenvalue weighted by Crippen LogP contribution is -2.08. The van der Waals surface area contributed by atoms with Crippen LogP contribution in [0.25, 0.3) is 0 Å². The molecule has 0 atom stereocenters. The molecule has 0 aromatic carbocycles. The van der Waals surface area contributed by atoms with Gasteiger partial charge >= 0.3 is 0 Å². The van der Waals surface area contributed by atoms with Gasteiger partial charge in [0.2, 0.25) is 5.16 Å². The molecule has 2 N–H and O–H groups in total. The number of nitrogens with two attached hydrogens (primary N) is 1. The van der Waals surface area contributed by atoms with Crippen molar-refractivity contribution in [3.8, 4) is 0 Å². The van der Waals surface area contributed by atoms with Gasteiger partial charge in [-0.25, -0.2) is 9.67 Å². The first-order chi connectivity index (χ1) is 9.79. The highest BCUT2D eigenvalue weighted by atomic mass is 35.5. The molecule has 3 rings (SSSR count). The normalized spacial score (nSPS) is 15.9. The van der Waals surface area contributed by atoms with Gasteiger partial charge in [-0.1, -0.05) is 24.4 Å². The van der Waals surface area contributed by atoms with Crippen LogP contribution in [0.1, 0.15) is 37.3 Å². The predicted molar refractivity (Wildman–Crippen MR) is 76.6 cm³/mol. The Morgan fingerprint density at radius 1 is 1.40 bits per heavy atom. The van der Waals surface area contributed by atoms with E-state index in [1.165, 1.54) is 24.6 Å². The van der Waals surface area contributed by atoms with Crippen molar-refractivity contribution in [1.29, 1.82) is 0 Å². The zero-order valence-corrected chi connectivity index (χ0v) is 12.4. The molecule has 0 radical (unpaired) electrons. The Bertz CT molecular complexity index is 595. The minimum atomic E-state index is 0.391. The number of hydrogen-bond acceptors (Lipinski definition) is 6. The number of aromatic nitrogens is 5. The Balaban J connectivity index is 1.86. The van der Waals surface area contributed by atoms with Crippen LogP contribution in [0.5, 0.6) is 0 Å². The molecule has 0 saturated heterocycles. The zero-order chi connectivity index (χ0) is 13.9. The summed E-state index contributed by atoms with van der Waals surface area (Å²) in [6.45, 7) is 0.391. The van der Waals surface area contributed by atoms with Crippen LogP contribution in [0.2, 0.25) is 5.02 Å². The van der Waals surface area contributed by atoms with Crippen molar-refractivity contribution in [1.82, 2.24) is 25.2 Å². The summed E-state index contributed by atoms with van der Waals surface area (Å²) in [7, 11) is 0. The second-order valence-electron chi connectivity index (χ2n) is 4.74. The van der Waals surface area contributed by atoms with Gasteiger partial charge in [-0.15, -0.1) is 5.10 Å². The Labute approximate surface area is 126 Å². The van der Waals surface area contributed by atoms with E-state index in [4.69, 9.17) is 17.3 Å². The summed E-state index contributed by atoms with van der Waals surface area (Å²) in [5.74, 6) is 0. The highest BCUT2D eigenvalue weighted by Gasteiger charge is 2.22. The molecule has 0 amide bonds. The van der Waals surface area contributed by atoms with Gasteiger partial charge in [-0.2, -0.15) is 0 Å². The van der Waals surface area contributed by atoms with Gasteiger partial charge in [0, 0.05) is 12.7 Å². The van der Waals surface area contributed by atoms with Gasteiger partial charge in [0.25, 0.3) is 0 Å². The topological polar surface area (TPSA) is 82.5 Å². The molecule has 6 nitrogen and oxygen atoms in total. The van der Waals surface area contributed by atoms with Crippen LogP contribution in [-0.4, -0.2) is 25.2 Å². The second kappa shape index (κ2) is 6.07. The molecular weight excluding hydrogens is 296 g/mol. The summed E-state index contributed by atoms with van der Waals surface area (Å²) in [6, 6.07) is 2.22. The van der Waals surface area contributed by atoms with E-state index in [1.807, 2.05) is 10.7 Å². The maximum absolute atomic E-state index is 6.30. The fourth-order valence-electron chi connectivity index (χ4n) is 2.41. The first kappa shape index (κ1) is 13.8. The minimum Gasteiger partial charge on any atom is -0.326 e. The number of tetrazole rings is 1. The van der Waals surface area contributed by atoms with E-state index in [1.54, 1.807) is 6.20 Å². The molecule has 1 saturated carbocycles. The largest absolute Gasteiger partial charge is 0.326 e. The van der Waals surface area contributed by atoms with Crippen molar-refractivity contribution >= 4 is 23.4 Å². The van der Waals surface area contributed by atoms with Gasteiger partial charge < -0.3 is 5.73 Å². The first-order valence-electron chi connectivity index (χ1n) is 6.58. The predicted octanol–water partition coefficient (Wildman–Crippen LogP) is 2.45. The number of rotatable bonds is 4. The van der Waals surface area contributed by atoms with Gasteiger partial charge in [-0.3, -0.25) is 0 Å². The third-order valence-electron chi connectivity index (χ3n) is 3.48. The molecule has 1 fully saturated rings. The molecule has 2 aromatic rings. The van der Waals surface area contributed by atoms with Crippen molar-refractivity contribution in [3.05, 3.63) is 22.8 Å². The fraction of sp³-hybridized carbons (Fsp3) is 0.500. The van der Waals surface area contributed by atoms with Crippen LogP contribution >= 0.6 is 23.4 Å². The average molecular weight is 311 g/mol. The highest BCUT2D eigenvalue weighted by molar-refractivity contribution is 7.99. The van der Waals surface area contributed by atoms with E-state index in [-0.39, 0.29) is 0 Å². The number of pyridine rings is 1. The number of nitrogens with zero attached hydrogens (tertiary/aromatic N) is 5. The lowest BCUT2D eigenvalue weighted by molar-refractivity contribution is 0.423. The summed E-state index contributed by atoms with van der Waals surface area (Å²) in [4.78, 5) is 4.30. The number of halogens is 1. The maximum atomic E-state index is 6.30. The van der Waals surface area contributed by atoms with Crippen LogP contribution in [0.15, 0.2) is 22.4 Å². The van der Waals surface area contributed by atoms with Crippen molar-refractivity contribution in [2.75, 3.05) is 0 Å². The van der Waals surface area contributed by atoms with E-state index in [0.29, 0.717) is 22.6 Å². The first-order valence-corrected chi connectivity index (χ1v) is 7.78. The molecule has 2 heterocycles. The van der Waals surface area contributed by atoms with E-state index in [0.717, 1.165) is 23.6 Å². The van der Waals surface area contributed by atoms with Crippen molar-refractivity contribution in [2.45, 2.75) is 48.5 Å². The zero-order valence-electron chi connectivity index (χ0n) is 10.9. The summed E-state index contributed by atoms with van der Waals surface area (Å²) >= 11 is 7.69. The minimum absolute atomic E-state index is 0.391. The van der Waals surface area contributed by atoms with Crippen molar-refractivity contribution < 1.29 is 0 Å². The molecule has 0 unspecified atom stereocenters. The lowest BCUT2D eigenvalue weighted by Gasteiger charge is -2.11. The summed E-state index contributed by atoms with van der Waals surface area (Å²) in [6.07, 6.45) is 6.43. The molecule has 0 spiro atoms. The standard InChI is InChI=1S/C12H15ClN6S/c13-10-8(7-14)5-6-15-11(10)20-12-16-17-18-19(12)9-3-1-2-4-9/h5-6,9H,1-4,7,14H2. The van der Waals surface area contributed by atoms with Crippen molar-refractivity contribution in [2.24, 2.45) is 5.73 Å². The second-order valence-corrected chi connectivity index (χ2v) is 6.07. The SMILES string of the molecule is NCc1ccnc(Sc2nnnn2C2CCCC2)c1Cl. The number of hydrogen-bond donors (Lipinski definition) is 1. The van der Waals surface area contributed by atoms with Crippen LogP contribution in [0.3, 0.4) is 0 Å². The molecule has 20 heavy (non-hydrogen) atoms. The van der Waals surface area contributed by atoms with E-state index >= 15 is 0 Å². The molecule has 1 aliphatic rings. The molecule has 2 aromatic heterocycles. The average Bonchev–Trinajstić information content (AvgIpc) is 3.11. The van der Waals surface area contributed by atoms with Crippen molar-refractivity contribution in [3.63, 3.8) is 0 Å². The molecular formula is C12H15ClN6S. The molecule has 8 heteroatoms. The van der Waals surface area contributed by atoms with E-state index in [2.05, 4.69) is 20.5 Å². The van der Waals surface area contributed by atoms with Crippen LogP contribution in [-0.2, 0) is 6.54 Å². The molecule has 106 valence electrons. The summed E-state index contributed by atoms with van der Waals surface area (Å²) < 4.78 is 1.89. The van der Waals surface area contributed by atoms with Gasteiger partial charge in [0.15, 0.2) is 0 Å². The highest BCUT2D eigenvalue weighted by Crippen LogP contribution is 2.36. The van der Waals surface area contributed by atoms with Gasteiger partial charge in [0.1, 0.15) is 5.03 Å². The monoisotopic (exact) mass is 310 g/mol. The van der Waals surface area contributed by atoms with Gasteiger partial charge in [-0.05, 0) is 46.7 Å². The Hall–Kier alpha value is -1.18. The summed E-state index contributed by atoms with van der Waals surface area (Å²) in [5, 5.41) is 14.0. The summed E-state index contributed by atoms with van der Waals surface area (Å²) in [5.41, 5.74) is 6.53. The van der Waals surface area contributed by atoms with E-state index < -0.39 is 0 Å². The third-order valence-corrected chi connectivity index (χ3v) is 4.97. The van der Waals surface area contributed by atoms with Gasteiger partial charge in [0.05, 0.1) is 11.1 Å². The third kappa shape index (κ3) is 2.65. The fourth-order valence-corrected chi connectivity index (χ4v) is 3.58. The lowest BCUT2D eigenvalue weighted by atomic mass is 10.3. The quantitative estimate of drug-likeness (QED) is 0.934. The Morgan fingerprint density at radius 3 is 2.95 bits per heavy atom. The van der Waals surface area contributed by atoms with Crippen LogP contribution in [0.4, 0.5) is 0 Å². The Kier molecular flexibility index (Phi) is 4.18. The Morgan fingerprint density at radius 2 is 2.20 bits per heavy atom. The smallest absolute Gasteiger partial charge is 0.215 e. The maximum Gasteiger partial charge on any atom is 0.215 e. The molecule has 0 aliphatic heterocycles.